The number of rotatable bonds is 6. The van der Waals surface area contributed by atoms with Gasteiger partial charge in [0, 0.05) is 0 Å². The number of ether oxygens (including phenoxy) is 2. The average Bonchev–Trinajstić information content (AvgIpc) is 2.42. The normalized spacial score (nSPS) is 22.5. The molecule has 0 aliphatic heterocycles. The summed E-state index contributed by atoms with van der Waals surface area (Å²) in [6, 6.07) is 0. The Labute approximate surface area is 142 Å². The Kier molecular flexibility index (Phi) is 7.98. The van der Waals surface area contributed by atoms with Gasteiger partial charge in [-0.1, -0.05) is 20.8 Å². The quantitative estimate of drug-likeness (QED) is 0.529. The van der Waals surface area contributed by atoms with Crippen LogP contribution in [0.3, 0.4) is 0 Å². The van der Waals surface area contributed by atoms with Crippen molar-refractivity contribution in [3.05, 3.63) is 0 Å². The number of hydrogen-bond donors (Lipinski definition) is 0. The first-order valence-corrected chi connectivity index (χ1v) is 8.69. The second-order valence-electron chi connectivity index (χ2n) is 6.90. The largest absolute Gasteiger partial charge is 0.463 e. The van der Waals surface area contributed by atoms with Crippen LogP contribution in [-0.4, -0.2) is 29.5 Å². The zero-order valence-corrected chi connectivity index (χ0v) is 15.1. The summed E-state index contributed by atoms with van der Waals surface area (Å²) in [6.45, 7) is 6.69. The van der Waals surface area contributed by atoms with Crippen LogP contribution in [0.4, 0.5) is 0 Å². The molecule has 22 heavy (non-hydrogen) atoms. The molecule has 0 atom stereocenters. The highest BCUT2D eigenvalue weighted by atomic mass is 35.5. The Morgan fingerprint density at radius 3 is 2.09 bits per heavy atom. The highest BCUT2D eigenvalue weighted by Crippen LogP contribution is 2.38. The molecule has 0 aromatic heterocycles. The summed E-state index contributed by atoms with van der Waals surface area (Å²) in [5.41, 5.74) is 0.307. The van der Waals surface area contributed by atoms with Crippen LogP contribution in [0.1, 0.15) is 59.3 Å². The van der Waals surface area contributed by atoms with E-state index >= 15 is 0 Å². The van der Waals surface area contributed by atoms with Crippen LogP contribution in [0, 0.1) is 11.3 Å². The molecule has 4 nitrogen and oxygen atoms in total. The molecule has 0 spiro atoms. The minimum atomic E-state index is -0.742. The third-order valence-corrected chi connectivity index (χ3v) is 4.35. The molecule has 0 N–H and O–H groups in total. The monoisotopic (exact) mass is 352 g/mol. The Morgan fingerprint density at radius 1 is 1.05 bits per heavy atom. The molecule has 1 aliphatic rings. The Bertz CT molecular complexity index is 369. The first-order chi connectivity index (χ1) is 10.2. The first kappa shape index (κ1) is 19.6. The summed E-state index contributed by atoms with van der Waals surface area (Å²) >= 11 is 10.9. The maximum atomic E-state index is 11.8. The van der Waals surface area contributed by atoms with Gasteiger partial charge >= 0.3 is 11.9 Å². The average molecular weight is 353 g/mol. The Hall–Kier alpha value is -0.480. The molecular weight excluding hydrogens is 327 g/mol. The maximum absolute atomic E-state index is 11.8. The molecule has 0 radical (unpaired) electrons. The lowest BCUT2D eigenvalue weighted by molar-refractivity contribution is -0.155. The van der Waals surface area contributed by atoms with Gasteiger partial charge in [-0.2, -0.15) is 0 Å². The third-order valence-electron chi connectivity index (χ3n) is 4.10. The highest BCUT2D eigenvalue weighted by Gasteiger charge is 2.31. The van der Waals surface area contributed by atoms with Crippen molar-refractivity contribution in [1.82, 2.24) is 0 Å². The zero-order valence-electron chi connectivity index (χ0n) is 13.6. The predicted molar refractivity (Wildman–Crippen MR) is 87.0 cm³/mol. The first-order valence-electron chi connectivity index (χ1n) is 7.81. The molecule has 0 bridgehead atoms. The molecule has 1 fully saturated rings. The molecule has 0 aromatic carbocycles. The van der Waals surface area contributed by atoms with Gasteiger partial charge in [-0.25, -0.2) is 0 Å². The molecule has 6 heteroatoms. The number of carbonyl (C=O) groups excluding carboxylic acids is 2. The molecule has 0 unspecified atom stereocenters. The fourth-order valence-corrected chi connectivity index (χ4v) is 2.85. The van der Waals surface area contributed by atoms with Gasteiger partial charge in [-0.15, -0.1) is 23.2 Å². The summed E-state index contributed by atoms with van der Waals surface area (Å²) in [4.78, 5) is 22.4. The van der Waals surface area contributed by atoms with Crippen LogP contribution >= 0.6 is 23.2 Å². The maximum Gasteiger partial charge on any atom is 0.306 e. The zero-order chi connectivity index (χ0) is 16.8. The van der Waals surface area contributed by atoms with E-state index in [2.05, 4.69) is 20.8 Å². The smallest absolute Gasteiger partial charge is 0.306 e. The summed E-state index contributed by atoms with van der Waals surface area (Å²) in [5, 5.41) is 0. The van der Waals surface area contributed by atoms with Crippen molar-refractivity contribution in [2.45, 2.75) is 70.2 Å². The van der Waals surface area contributed by atoms with Crippen LogP contribution in [0.15, 0.2) is 0 Å². The minimum absolute atomic E-state index is 0.00331. The van der Waals surface area contributed by atoms with Crippen molar-refractivity contribution in [3.8, 4) is 0 Å². The molecule has 1 aliphatic carbocycles. The topological polar surface area (TPSA) is 52.6 Å². The van der Waals surface area contributed by atoms with E-state index in [1.54, 1.807) is 0 Å². The lowest BCUT2D eigenvalue weighted by Crippen LogP contribution is -2.30. The van der Waals surface area contributed by atoms with Crippen LogP contribution in [0.25, 0.3) is 0 Å². The summed E-state index contributed by atoms with van der Waals surface area (Å²) in [7, 11) is 0. The van der Waals surface area contributed by atoms with Gasteiger partial charge in [0.05, 0.1) is 12.8 Å². The number of carbonyl (C=O) groups is 2. The van der Waals surface area contributed by atoms with Gasteiger partial charge in [0.25, 0.3) is 0 Å². The number of hydrogen-bond acceptors (Lipinski definition) is 4. The van der Waals surface area contributed by atoms with E-state index in [-0.39, 0.29) is 31.5 Å². The molecule has 0 saturated heterocycles. The molecular formula is C16H26Cl2O4. The predicted octanol–water partition coefficient (Wildman–Crippen LogP) is 4.26. The molecule has 1 rings (SSSR count). The van der Waals surface area contributed by atoms with Crippen LogP contribution in [-0.2, 0) is 19.1 Å². The molecule has 1 saturated carbocycles. The van der Waals surface area contributed by atoms with E-state index in [1.807, 2.05) is 0 Å². The van der Waals surface area contributed by atoms with Crippen LogP contribution in [0.5, 0.6) is 0 Å². The van der Waals surface area contributed by atoms with Gasteiger partial charge in [0.2, 0.25) is 0 Å². The SMILES string of the molecule is CC(C)(C)C1CCC(OC(=O)CCC(=O)OCC(Cl)Cl)CC1. The molecule has 128 valence electrons. The van der Waals surface area contributed by atoms with Crippen molar-refractivity contribution in [3.63, 3.8) is 0 Å². The second-order valence-corrected chi connectivity index (χ2v) is 8.18. The van der Waals surface area contributed by atoms with Crippen molar-refractivity contribution >= 4 is 35.1 Å². The number of halogens is 2. The summed E-state index contributed by atoms with van der Waals surface area (Å²) < 4.78 is 10.2. The standard InChI is InChI=1S/C16H26Cl2O4/c1-16(2,3)11-4-6-12(7-5-11)22-15(20)9-8-14(19)21-10-13(17)18/h11-13H,4-10H2,1-3H3. The molecule has 0 aromatic rings. The van der Waals surface area contributed by atoms with E-state index in [9.17, 15) is 9.59 Å². The lowest BCUT2D eigenvalue weighted by Gasteiger charge is -2.36. The van der Waals surface area contributed by atoms with Crippen molar-refractivity contribution in [2.24, 2.45) is 11.3 Å². The van der Waals surface area contributed by atoms with E-state index in [4.69, 9.17) is 32.7 Å². The minimum Gasteiger partial charge on any atom is -0.463 e. The number of alkyl halides is 2. The second kappa shape index (κ2) is 8.97. The molecule has 0 heterocycles. The van der Waals surface area contributed by atoms with Gasteiger partial charge in [-0.3, -0.25) is 9.59 Å². The van der Waals surface area contributed by atoms with E-state index in [0.717, 1.165) is 25.7 Å². The van der Waals surface area contributed by atoms with E-state index in [1.165, 1.54) is 0 Å². The van der Waals surface area contributed by atoms with Crippen molar-refractivity contribution < 1.29 is 19.1 Å². The molecule has 0 amide bonds. The van der Waals surface area contributed by atoms with Crippen molar-refractivity contribution in [1.29, 1.82) is 0 Å². The highest BCUT2D eigenvalue weighted by molar-refractivity contribution is 6.44. The van der Waals surface area contributed by atoms with Gasteiger partial charge in [0.15, 0.2) is 0 Å². The van der Waals surface area contributed by atoms with E-state index in [0.29, 0.717) is 11.3 Å². The Balaban J connectivity index is 2.20. The van der Waals surface area contributed by atoms with Crippen LogP contribution < -0.4 is 0 Å². The van der Waals surface area contributed by atoms with Gasteiger partial charge in [0.1, 0.15) is 17.5 Å². The summed E-state index contributed by atoms with van der Waals surface area (Å²) in [6.07, 6.45) is 3.98. The van der Waals surface area contributed by atoms with Crippen LogP contribution in [0.2, 0.25) is 0 Å². The van der Waals surface area contributed by atoms with Gasteiger partial charge in [-0.05, 0) is 37.0 Å². The fourth-order valence-electron chi connectivity index (χ4n) is 2.72. The van der Waals surface area contributed by atoms with Crippen molar-refractivity contribution in [2.75, 3.05) is 6.61 Å². The number of esters is 2. The lowest BCUT2D eigenvalue weighted by atomic mass is 9.72. The van der Waals surface area contributed by atoms with E-state index < -0.39 is 10.8 Å². The Morgan fingerprint density at radius 2 is 1.59 bits per heavy atom. The summed E-state index contributed by atoms with van der Waals surface area (Å²) in [5.74, 6) is -0.152. The third kappa shape index (κ3) is 7.68. The fraction of sp³-hybridized carbons (Fsp3) is 0.875. The van der Waals surface area contributed by atoms with Gasteiger partial charge < -0.3 is 9.47 Å².